The van der Waals surface area contributed by atoms with Crippen molar-refractivity contribution in [1.29, 1.82) is 0 Å². The number of nitrogens with two attached hydrogens (primary N) is 1. The maximum absolute atomic E-state index is 5.59. The summed E-state index contributed by atoms with van der Waals surface area (Å²) in [6.45, 7) is 3.67. The van der Waals surface area contributed by atoms with Crippen LogP contribution in [0.5, 0.6) is 5.75 Å². The minimum absolute atomic E-state index is 0.722. The summed E-state index contributed by atoms with van der Waals surface area (Å²) in [5.74, 6) is 0.829. The maximum atomic E-state index is 5.59. The second kappa shape index (κ2) is 3.81. The molecule has 0 radical (unpaired) electrons. The first-order valence-corrected chi connectivity index (χ1v) is 3.81. The number of hydrogen-bond donors (Lipinski definition) is 1. The van der Waals surface area contributed by atoms with Crippen LogP contribution in [0, 0.1) is 0 Å². The molecule has 2 heteroatoms. The molecule has 1 aromatic rings. The van der Waals surface area contributed by atoms with Crippen LogP contribution >= 0.6 is 0 Å². The van der Waals surface area contributed by atoms with Crippen LogP contribution in [0.25, 0.3) is 0 Å². The molecule has 0 saturated heterocycles. The molecule has 12 heavy (non-hydrogen) atoms. The smallest absolute Gasteiger partial charge is 0.124 e. The van der Waals surface area contributed by atoms with Gasteiger partial charge in [0.25, 0.3) is 0 Å². The number of ether oxygens (including phenoxy) is 1. The molecule has 0 saturated carbocycles. The van der Waals surface area contributed by atoms with Crippen molar-refractivity contribution in [1.82, 2.24) is 0 Å². The number of nitrogen functional groups attached to an aromatic ring is 1. The molecule has 0 fully saturated rings. The van der Waals surface area contributed by atoms with Gasteiger partial charge in [0.05, 0.1) is 7.11 Å². The van der Waals surface area contributed by atoms with Gasteiger partial charge in [0.1, 0.15) is 5.75 Å². The van der Waals surface area contributed by atoms with Crippen LogP contribution in [-0.2, 0) is 6.42 Å². The van der Waals surface area contributed by atoms with Crippen LogP contribution in [0.3, 0.4) is 0 Å². The zero-order chi connectivity index (χ0) is 8.97. The SMILES string of the molecule is C=CCc1ccc(N)cc1OC. The average Bonchev–Trinajstić information content (AvgIpc) is 2.08. The number of hydrogen-bond acceptors (Lipinski definition) is 2. The standard InChI is InChI=1S/C10H13NO/c1-3-4-8-5-6-9(11)7-10(8)12-2/h3,5-7H,1,4,11H2,2H3. The number of allylic oxidation sites excluding steroid dienone is 1. The van der Waals surface area contributed by atoms with Gasteiger partial charge < -0.3 is 10.5 Å². The molecule has 64 valence electrons. The van der Waals surface area contributed by atoms with Gasteiger partial charge >= 0.3 is 0 Å². The normalized spacial score (nSPS) is 9.42. The zero-order valence-corrected chi connectivity index (χ0v) is 7.21. The molecule has 0 aliphatic rings. The van der Waals surface area contributed by atoms with Crippen molar-refractivity contribution < 1.29 is 4.74 Å². The van der Waals surface area contributed by atoms with Gasteiger partial charge in [-0.25, -0.2) is 0 Å². The van der Waals surface area contributed by atoms with E-state index in [0.717, 1.165) is 23.4 Å². The lowest BCUT2D eigenvalue weighted by Crippen LogP contribution is -1.93. The highest BCUT2D eigenvalue weighted by Crippen LogP contribution is 2.21. The Morgan fingerprint density at radius 3 is 2.92 bits per heavy atom. The van der Waals surface area contributed by atoms with Gasteiger partial charge in [-0.1, -0.05) is 12.1 Å². The largest absolute Gasteiger partial charge is 0.496 e. The number of rotatable bonds is 3. The molecule has 0 bridgehead atoms. The summed E-state index contributed by atoms with van der Waals surface area (Å²) in [6, 6.07) is 5.63. The molecule has 0 aliphatic carbocycles. The molecule has 2 N–H and O–H groups in total. The Labute approximate surface area is 72.7 Å². The van der Waals surface area contributed by atoms with Crippen LogP contribution in [0.15, 0.2) is 30.9 Å². The van der Waals surface area contributed by atoms with Crippen LogP contribution < -0.4 is 10.5 Å². The van der Waals surface area contributed by atoms with Gasteiger partial charge in [-0.05, 0) is 18.1 Å². The lowest BCUT2D eigenvalue weighted by atomic mass is 10.1. The van der Waals surface area contributed by atoms with Gasteiger partial charge in [0, 0.05) is 11.8 Å². The topological polar surface area (TPSA) is 35.2 Å². The first-order valence-electron chi connectivity index (χ1n) is 3.81. The van der Waals surface area contributed by atoms with Gasteiger partial charge in [-0.2, -0.15) is 0 Å². The first-order chi connectivity index (χ1) is 5.77. The highest BCUT2D eigenvalue weighted by Gasteiger charge is 2.00. The second-order valence-corrected chi connectivity index (χ2v) is 2.56. The molecule has 1 rings (SSSR count). The third-order valence-electron chi connectivity index (χ3n) is 1.68. The molecular formula is C10H13NO. The summed E-state index contributed by atoms with van der Waals surface area (Å²) in [6.07, 6.45) is 2.65. The summed E-state index contributed by atoms with van der Waals surface area (Å²) in [7, 11) is 1.64. The summed E-state index contributed by atoms with van der Waals surface area (Å²) < 4.78 is 5.15. The summed E-state index contributed by atoms with van der Waals surface area (Å²) in [4.78, 5) is 0. The number of methoxy groups -OCH3 is 1. The highest BCUT2D eigenvalue weighted by molar-refractivity contribution is 5.48. The van der Waals surface area contributed by atoms with Gasteiger partial charge in [0.2, 0.25) is 0 Å². The van der Waals surface area contributed by atoms with Gasteiger partial charge in [-0.3, -0.25) is 0 Å². The average molecular weight is 163 g/mol. The monoisotopic (exact) mass is 163 g/mol. The highest BCUT2D eigenvalue weighted by atomic mass is 16.5. The Morgan fingerprint density at radius 2 is 2.33 bits per heavy atom. The van der Waals surface area contributed by atoms with E-state index in [2.05, 4.69) is 6.58 Å². The Kier molecular flexibility index (Phi) is 2.75. The minimum Gasteiger partial charge on any atom is -0.496 e. The zero-order valence-electron chi connectivity index (χ0n) is 7.21. The van der Waals surface area contributed by atoms with E-state index in [4.69, 9.17) is 10.5 Å². The van der Waals surface area contributed by atoms with Gasteiger partial charge in [0.15, 0.2) is 0 Å². The van der Waals surface area contributed by atoms with Crippen molar-refractivity contribution in [3.63, 3.8) is 0 Å². The fraction of sp³-hybridized carbons (Fsp3) is 0.200. The molecule has 0 aliphatic heterocycles. The minimum atomic E-state index is 0.722. The molecule has 1 aromatic carbocycles. The summed E-state index contributed by atoms with van der Waals surface area (Å²) in [5.41, 5.74) is 7.43. The van der Waals surface area contributed by atoms with E-state index in [-0.39, 0.29) is 0 Å². The van der Waals surface area contributed by atoms with Crippen LogP contribution in [0.4, 0.5) is 5.69 Å². The van der Waals surface area contributed by atoms with Crippen LogP contribution in [0.2, 0.25) is 0 Å². The van der Waals surface area contributed by atoms with Crippen molar-refractivity contribution >= 4 is 5.69 Å². The van der Waals surface area contributed by atoms with E-state index in [0.29, 0.717) is 0 Å². The lowest BCUT2D eigenvalue weighted by molar-refractivity contribution is 0.411. The van der Waals surface area contributed by atoms with E-state index in [9.17, 15) is 0 Å². The van der Waals surface area contributed by atoms with Gasteiger partial charge in [-0.15, -0.1) is 6.58 Å². The molecule has 0 spiro atoms. The lowest BCUT2D eigenvalue weighted by Gasteiger charge is -2.06. The molecule has 0 aromatic heterocycles. The third kappa shape index (κ3) is 1.78. The maximum Gasteiger partial charge on any atom is 0.124 e. The fourth-order valence-electron chi connectivity index (χ4n) is 1.09. The van der Waals surface area contributed by atoms with Crippen molar-refractivity contribution in [2.45, 2.75) is 6.42 Å². The molecule has 0 unspecified atom stereocenters. The van der Waals surface area contributed by atoms with Crippen molar-refractivity contribution in [2.24, 2.45) is 0 Å². The van der Waals surface area contributed by atoms with E-state index in [1.807, 2.05) is 24.3 Å². The predicted octanol–water partition coefficient (Wildman–Crippen LogP) is 2.01. The predicted molar refractivity (Wildman–Crippen MR) is 51.3 cm³/mol. The summed E-state index contributed by atoms with van der Waals surface area (Å²) >= 11 is 0. The van der Waals surface area contributed by atoms with Crippen molar-refractivity contribution in [3.05, 3.63) is 36.4 Å². The molecule has 2 nitrogen and oxygen atoms in total. The fourth-order valence-corrected chi connectivity index (χ4v) is 1.09. The Bertz CT molecular complexity index is 281. The van der Waals surface area contributed by atoms with E-state index in [1.165, 1.54) is 0 Å². The molecule has 0 amide bonds. The number of anilines is 1. The van der Waals surface area contributed by atoms with E-state index in [1.54, 1.807) is 7.11 Å². The summed E-state index contributed by atoms with van der Waals surface area (Å²) in [5, 5.41) is 0. The van der Waals surface area contributed by atoms with Crippen LogP contribution in [-0.4, -0.2) is 7.11 Å². The van der Waals surface area contributed by atoms with Crippen molar-refractivity contribution in [3.8, 4) is 5.75 Å². The van der Waals surface area contributed by atoms with E-state index >= 15 is 0 Å². The molecule has 0 heterocycles. The molecular weight excluding hydrogens is 150 g/mol. The Hall–Kier alpha value is -1.44. The first kappa shape index (κ1) is 8.65. The second-order valence-electron chi connectivity index (χ2n) is 2.56. The Morgan fingerprint density at radius 1 is 1.58 bits per heavy atom. The van der Waals surface area contributed by atoms with E-state index < -0.39 is 0 Å². The number of benzene rings is 1. The molecule has 0 atom stereocenters. The van der Waals surface area contributed by atoms with Crippen LogP contribution in [0.1, 0.15) is 5.56 Å². The third-order valence-corrected chi connectivity index (χ3v) is 1.68. The Balaban J connectivity index is 3.01. The quantitative estimate of drug-likeness (QED) is 0.546. The van der Waals surface area contributed by atoms with Crippen molar-refractivity contribution in [2.75, 3.05) is 12.8 Å².